The van der Waals surface area contributed by atoms with Crippen molar-refractivity contribution in [2.75, 3.05) is 48.6 Å². The summed E-state index contributed by atoms with van der Waals surface area (Å²) in [5, 5.41) is 3.46. The van der Waals surface area contributed by atoms with Crippen molar-refractivity contribution in [3.8, 4) is 5.75 Å². The van der Waals surface area contributed by atoms with E-state index in [-0.39, 0.29) is 27.3 Å². The van der Waals surface area contributed by atoms with Crippen molar-refractivity contribution in [1.82, 2.24) is 15.2 Å². The summed E-state index contributed by atoms with van der Waals surface area (Å²) in [4.78, 5) is 27.5. The molecule has 3 aromatic carbocycles. The summed E-state index contributed by atoms with van der Waals surface area (Å²) in [6.45, 7) is 4.68. The Kier molecular flexibility index (Phi) is 9.48. The van der Waals surface area contributed by atoms with Crippen LogP contribution in [0.4, 0.5) is 11.5 Å². The average molecular weight is 627 g/mol. The molecule has 1 fully saturated rings. The van der Waals surface area contributed by atoms with E-state index in [0.717, 1.165) is 36.5 Å². The number of hydrogen-bond donors (Lipinski definition) is 1. The van der Waals surface area contributed by atoms with Gasteiger partial charge in [-0.15, -0.1) is 0 Å². The molecule has 4 aromatic rings. The molecule has 1 N–H and O–H groups in total. The van der Waals surface area contributed by atoms with Gasteiger partial charge in [-0.2, -0.15) is 8.42 Å². The van der Waals surface area contributed by atoms with E-state index in [4.69, 9.17) is 28.0 Å². The molecule has 0 atom stereocenters. The number of pyridine rings is 1. The third kappa shape index (κ3) is 7.14. The highest BCUT2D eigenvalue weighted by Crippen LogP contribution is 2.32. The van der Waals surface area contributed by atoms with Crippen LogP contribution in [0, 0.1) is 0 Å². The molecule has 1 aromatic heterocycles. The third-order valence-corrected chi connectivity index (χ3v) is 8.85. The first kappa shape index (κ1) is 29.7. The van der Waals surface area contributed by atoms with E-state index in [9.17, 15) is 13.2 Å². The van der Waals surface area contributed by atoms with Crippen molar-refractivity contribution in [2.45, 2.75) is 4.90 Å². The Hall–Kier alpha value is -3.83. The first-order chi connectivity index (χ1) is 20.3. The SMILES string of the molecule is O=C(NCCN1CCN(c2ccccn2)CC1)c1ccc(S(=O)(=O)N(Oc2ccc(Cl)cc2Cl)c2ccccc2)cc1. The Balaban J connectivity index is 1.20. The van der Waals surface area contributed by atoms with Gasteiger partial charge in [0.25, 0.3) is 15.9 Å². The standard InChI is InChI=1S/C30H29Cl2N5O4S/c31-24-11-14-28(27(32)22-24)41-37(25-6-2-1-3-7-25)42(39,40)26-12-9-23(10-13-26)30(38)34-16-17-35-18-20-36(21-19-35)29-8-4-5-15-33-29/h1-15,22H,16-21H2,(H,34,38). The molecule has 42 heavy (non-hydrogen) atoms. The van der Waals surface area contributed by atoms with Gasteiger partial charge in [-0.1, -0.05) is 51.9 Å². The monoisotopic (exact) mass is 625 g/mol. The number of carbonyl (C=O) groups excluding carboxylic acids is 1. The number of sulfonamides is 1. The summed E-state index contributed by atoms with van der Waals surface area (Å²) in [5.41, 5.74) is 0.619. The van der Waals surface area contributed by atoms with Crippen LogP contribution in [-0.2, 0) is 10.0 Å². The van der Waals surface area contributed by atoms with E-state index in [0.29, 0.717) is 23.7 Å². The molecule has 5 rings (SSSR count). The van der Waals surface area contributed by atoms with Crippen LogP contribution in [-0.4, -0.2) is 63.5 Å². The molecule has 2 heterocycles. The van der Waals surface area contributed by atoms with Crippen LogP contribution in [0.15, 0.2) is 102 Å². The predicted molar refractivity (Wildman–Crippen MR) is 165 cm³/mol. The van der Waals surface area contributed by atoms with Crippen LogP contribution in [0.25, 0.3) is 0 Å². The van der Waals surface area contributed by atoms with Crippen molar-refractivity contribution in [3.63, 3.8) is 0 Å². The number of hydrogen-bond acceptors (Lipinski definition) is 7. The van der Waals surface area contributed by atoms with E-state index in [1.54, 1.807) is 42.6 Å². The fraction of sp³-hybridized carbons (Fsp3) is 0.200. The molecule has 0 saturated carbocycles. The second kappa shape index (κ2) is 13.4. The molecule has 0 bridgehead atoms. The van der Waals surface area contributed by atoms with Gasteiger partial charge < -0.3 is 15.1 Å². The normalized spacial score (nSPS) is 13.9. The van der Waals surface area contributed by atoms with Gasteiger partial charge in [-0.3, -0.25) is 9.69 Å². The Morgan fingerprint density at radius 3 is 2.29 bits per heavy atom. The summed E-state index contributed by atoms with van der Waals surface area (Å²) in [7, 11) is -4.21. The summed E-state index contributed by atoms with van der Waals surface area (Å²) < 4.78 is 28.1. The molecule has 0 aliphatic carbocycles. The first-order valence-corrected chi connectivity index (χ1v) is 15.5. The van der Waals surface area contributed by atoms with Crippen molar-refractivity contribution in [3.05, 3.63) is 113 Å². The maximum atomic E-state index is 13.7. The number of halogens is 2. The molecule has 1 aliphatic rings. The van der Waals surface area contributed by atoms with Crippen LogP contribution in [0.1, 0.15) is 10.4 Å². The number of benzene rings is 3. The number of piperazine rings is 1. The molecule has 218 valence electrons. The number of nitrogens with one attached hydrogen (secondary N) is 1. The zero-order chi connectivity index (χ0) is 29.5. The average Bonchev–Trinajstić information content (AvgIpc) is 3.02. The minimum Gasteiger partial charge on any atom is -0.363 e. The molecule has 0 radical (unpaired) electrons. The molecule has 0 spiro atoms. The maximum Gasteiger partial charge on any atom is 0.295 e. The number of para-hydroxylation sites is 1. The summed E-state index contributed by atoms with van der Waals surface area (Å²) in [5.74, 6) is 0.806. The van der Waals surface area contributed by atoms with Gasteiger partial charge in [0.2, 0.25) is 0 Å². The lowest BCUT2D eigenvalue weighted by atomic mass is 10.2. The highest BCUT2D eigenvalue weighted by molar-refractivity contribution is 7.92. The predicted octanol–water partition coefficient (Wildman–Crippen LogP) is 5.13. The molecular weight excluding hydrogens is 597 g/mol. The zero-order valence-corrected chi connectivity index (χ0v) is 24.9. The minimum atomic E-state index is -4.21. The highest BCUT2D eigenvalue weighted by Gasteiger charge is 2.28. The number of aromatic nitrogens is 1. The van der Waals surface area contributed by atoms with Crippen LogP contribution in [0.2, 0.25) is 10.0 Å². The molecule has 1 saturated heterocycles. The van der Waals surface area contributed by atoms with E-state index in [1.165, 1.54) is 36.4 Å². The Morgan fingerprint density at radius 1 is 0.905 bits per heavy atom. The summed E-state index contributed by atoms with van der Waals surface area (Å²) in [6, 6.07) is 24.5. The second-order valence-corrected chi connectivity index (χ2v) is 12.1. The topological polar surface area (TPSA) is 95.1 Å². The van der Waals surface area contributed by atoms with Crippen LogP contribution in [0.3, 0.4) is 0 Å². The molecule has 9 nitrogen and oxygen atoms in total. The Bertz CT molecular complexity index is 1600. The lowest BCUT2D eigenvalue weighted by molar-refractivity contribution is 0.0947. The van der Waals surface area contributed by atoms with E-state index in [1.807, 2.05) is 18.2 Å². The maximum absolute atomic E-state index is 13.7. The zero-order valence-electron chi connectivity index (χ0n) is 22.6. The largest absolute Gasteiger partial charge is 0.363 e. The Morgan fingerprint density at radius 2 is 1.62 bits per heavy atom. The summed E-state index contributed by atoms with van der Waals surface area (Å²) >= 11 is 12.2. The lowest BCUT2D eigenvalue weighted by Crippen LogP contribution is -2.48. The molecular formula is C30H29Cl2N5O4S. The van der Waals surface area contributed by atoms with Crippen molar-refractivity contribution < 1.29 is 18.0 Å². The smallest absolute Gasteiger partial charge is 0.295 e. The number of carbonyl (C=O) groups is 1. The van der Waals surface area contributed by atoms with Gasteiger partial charge in [0, 0.05) is 56.1 Å². The molecule has 12 heteroatoms. The van der Waals surface area contributed by atoms with Crippen LogP contribution in [0.5, 0.6) is 5.75 Å². The third-order valence-electron chi connectivity index (χ3n) is 6.73. The number of nitrogens with zero attached hydrogens (tertiary/aromatic N) is 4. The van der Waals surface area contributed by atoms with Crippen molar-refractivity contribution in [1.29, 1.82) is 0 Å². The van der Waals surface area contributed by atoms with E-state index < -0.39 is 10.0 Å². The minimum absolute atomic E-state index is 0.0567. The molecule has 1 aliphatic heterocycles. The van der Waals surface area contributed by atoms with Crippen molar-refractivity contribution in [2.24, 2.45) is 0 Å². The quantitative estimate of drug-likeness (QED) is 0.244. The van der Waals surface area contributed by atoms with Gasteiger partial charge in [-0.05, 0) is 66.7 Å². The van der Waals surface area contributed by atoms with Gasteiger partial charge in [0.05, 0.1) is 15.6 Å². The fourth-order valence-electron chi connectivity index (χ4n) is 4.47. The number of amides is 1. The fourth-order valence-corrected chi connectivity index (χ4v) is 6.17. The van der Waals surface area contributed by atoms with E-state index in [2.05, 4.69) is 20.1 Å². The number of rotatable bonds is 10. The second-order valence-electron chi connectivity index (χ2n) is 9.53. The van der Waals surface area contributed by atoms with E-state index >= 15 is 0 Å². The van der Waals surface area contributed by atoms with Crippen molar-refractivity contribution >= 4 is 50.6 Å². The van der Waals surface area contributed by atoms with Crippen LogP contribution < -0.4 is 19.5 Å². The Labute approximate surface area is 255 Å². The van der Waals surface area contributed by atoms with Gasteiger partial charge in [0.1, 0.15) is 5.82 Å². The highest BCUT2D eigenvalue weighted by atomic mass is 35.5. The van der Waals surface area contributed by atoms with Gasteiger partial charge in [-0.25, -0.2) is 4.98 Å². The molecule has 0 unspecified atom stereocenters. The summed E-state index contributed by atoms with van der Waals surface area (Å²) in [6.07, 6.45) is 1.80. The van der Waals surface area contributed by atoms with Gasteiger partial charge in [0.15, 0.2) is 5.75 Å². The lowest BCUT2D eigenvalue weighted by Gasteiger charge is -2.35. The molecule has 1 amide bonds. The van der Waals surface area contributed by atoms with Crippen LogP contribution >= 0.6 is 23.2 Å². The first-order valence-electron chi connectivity index (χ1n) is 13.3. The number of anilines is 2. The van der Waals surface area contributed by atoms with Gasteiger partial charge >= 0.3 is 0 Å².